The highest BCUT2D eigenvalue weighted by Gasteiger charge is 2.21. The monoisotopic (exact) mass is 392 g/mol. The Labute approximate surface area is 174 Å². The van der Waals surface area contributed by atoms with E-state index >= 15 is 0 Å². The van der Waals surface area contributed by atoms with Crippen LogP contribution in [-0.2, 0) is 0 Å². The van der Waals surface area contributed by atoms with Crippen LogP contribution in [-0.4, -0.2) is 20.2 Å². The third kappa shape index (κ3) is 2.69. The van der Waals surface area contributed by atoms with Gasteiger partial charge in [0, 0.05) is 23.2 Å². The van der Waals surface area contributed by atoms with Gasteiger partial charge in [-0.1, -0.05) is 24.3 Å². The zero-order valence-corrected chi connectivity index (χ0v) is 16.7. The summed E-state index contributed by atoms with van der Waals surface area (Å²) in [4.78, 5) is 9.02. The third-order valence-corrected chi connectivity index (χ3v) is 5.58. The Bertz CT molecular complexity index is 1300. The van der Waals surface area contributed by atoms with Crippen LogP contribution in [0.25, 0.3) is 44.1 Å². The summed E-state index contributed by atoms with van der Waals surface area (Å²) >= 11 is 0. The second-order valence-electron chi connectivity index (χ2n) is 7.53. The van der Waals surface area contributed by atoms with Gasteiger partial charge in [0.25, 0.3) is 0 Å². The first-order valence-electron chi connectivity index (χ1n) is 9.80. The first-order chi connectivity index (χ1) is 14.6. The number of benzene rings is 3. The molecule has 4 heteroatoms. The summed E-state index contributed by atoms with van der Waals surface area (Å²) in [7, 11) is 0. The molecule has 2 N–H and O–H groups in total. The van der Waals surface area contributed by atoms with E-state index in [0.29, 0.717) is 22.5 Å². The molecular formula is C26H20N2O2. The summed E-state index contributed by atoms with van der Waals surface area (Å²) in [5, 5.41) is 25.8. The lowest BCUT2D eigenvalue weighted by atomic mass is 9.88. The number of aromatic nitrogens is 2. The first kappa shape index (κ1) is 18.1. The molecule has 0 aliphatic carbocycles. The number of pyridine rings is 2. The minimum absolute atomic E-state index is 0.195. The van der Waals surface area contributed by atoms with E-state index in [1.165, 1.54) is 0 Å². The number of hydrogen-bond donors (Lipinski definition) is 2. The van der Waals surface area contributed by atoms with Crippen molar-refractivity contribution >= 4 is 21.5 Å². The molecule has 0 saturated heterocycles. The number of rotatable bonds is 2. The smallest absolute Gasteiger partial charge is 0.128 e. The van der Waals surface area contributed by atoms with Crippen LogP contribution in [0.5, 0.6) is 11.5 Å². The van der Waals surface area contributed by atoms with E-state index in [1.807, 2.05) is 62.4 Å². The fourth-order valence-electron chi connectivity index (χ4n) is 4.17. The zero-order chi connectivity index (χ0) is 20.8. The molecule has 4 nitrogen and oxygen atoms in total. The van der Waals surface area contributed by atoms with E-state index in [9.17, 15) is 10.2 Å². The van der Waals surface area contributed by atoms with Gasteiger partial charge in [-0.15, -0.1) is 0 Å². The Kier molecular flexibility index (Phi) is 4.14. The van der Waals surface area contributed by atoms with E-state index in [0.717, 1.165) is 32.7 Å². The molecule has 3 aromatic carbocycles. The molecule has 2 aromatic heterocycles. The number of aromatic hydroxyl groups is 2. The molecule has 0 saturated carbocycles. The van der Waals surface area contributed by atoms with Crippen LogP contribution in [0, 0.1) is 13.8 Å². The summed E-state index contributed by atoms with van der Waals surface area (Å²) in [6, 6.07) is 19.3. The van der Waals surface area contributed by atoms with Crippen molar-refractivity contribution in [3.8, 4) is 34.0 Å². The second kappa shape index (κ2) is 6.85. The Morgan fingerprint density at radius 1 is 0.600 bits per heavy atom. The van der Waals surface area contributed by atoms with Gasteiger partial charge in [-0.2, -0.15) is 0 Å². The lowest BCUT2D eigenvalue weighted by Crippen LogP contribution is -1.94. The first-order valence-corrected chi connectivity index (χ1v) is 9.80. The van der Waals surface area contributed by atoms with Gasteiger partial charge >= 0.3 is 0 Å². The summed E-state index contributed by atoms with van der Waals surface area (Å²) in [6.45, 7) is 3.77. The van der Waals surface area contributed by atoms with Crippen LogP contribution in [0.3, 0.4) is 0 Å². The van der Waals surface area contributed by atoms with Crippen LogP contribution < -0.4 is 0 Å². The number of aryl methyl sites for hydroxylation is 2. The third-order valence-electron chi connectivity index (χ3n) is 5.58. The van der Waals surface area contributed by atoms with Gasteiger partial charge in [-0.25, -0.2) is 0 Å². The molecule has 0 atom stereocenters. The maximum atomic E-state index is 11.1. The maximum absolute atomic E-state index is 11.1. The summed E-state index contributed by atoms with van der Waals surface area (Å²) in [6.07, 6.45) is 3.44. The van der Waals surface area contributed by atoms with Gasteiger partial charge < -0.3 is 10.2 Å². The van der Waals surface area contributed by atoms with Gasteiger partial charge in [-0.3, -0.25) is 9.97 Å². The average Bonchev–Trinajstić information content (AvgIpc) is 2.77. The number of nitrogens with zero attached hydrogens (tertiary/aromatic N) is 2. The molecule has 30 heavy (non-hydrogen) atoms. The van der Waals surface area contributed by atoms with Gasteiger partial charge in [0.2, 0.25) is 0 Å². The Hall–Kier alpha value is -3.92. The molecule has 146 valence electrons. The number of hydrogen-bond acceptors (Lipinski definition) is 4. The molecule has 0 radical (unpaired) electrons. The standard InChI is InChI=1S/C26H20N2O2/c1-15-13-17-9-10-18-14-16(2)26(30)24(20-8-4-6-12-28-20)22(18)21(17)23(25(15)29)19-7-3-5-11-27-19/h3-14,29-30H,1-2H3. The topological polar surface area (TPSA) is 66.2 Å². The fraction of sp³-hybridized carbons (Fsp3) is 0.0769. The SMILES string of the molecule is Cc1cc2ccc3cc(C)c(O)c(-c4ccccn4)c3c2c(-c2ccccn2)c1O. The van der Waals surface area contributed by atoms with Crippen molar-refractivity contribution in [2.24, 2.45) is 0 Å². The van der Waals surface area contributed by atoms with Gasteiger partial charge in [0.1, 0.15) is 11.5 Å². The van der Waals surface area contributed by atoms with Crippen molar-refractivity contribution in [1.82, 2.24) is 9.97 Å². The summed E-state index contributed by atoms with van der Waals surface area (Å²) < 4.78 is 0. The number of phenols is 2. The maximum Gasteiger partial charge on any atom is 0.128 e. The molecule has 5 aromatic rings. The van der Waals surface area contributed by atoms with E-state index in [1.54, 1.807) is 12.4 Å². The Morgan fingerprint density at radius 3 is 1.40 bits per heavy atom. The van der Waals surface area contributed by atoms with Crippen LogP contribution in [0.1, 0.15) is 11.1 Å². The number of fused-ring (bicyclic) bond motifs is 3. The number of phenolic OH excluding ortho intramolecular Hbond substituents is 2. The van der Waals surface area contributed by atoms with Crippen LogP contribution in [0.2, 0.25) is 0 Å². The fourth-order valence-corrected chi connectivity index (χ4v) is 4.17. The molecule has 0 aliphatic rings. The average molecular weight is 392 g/mol. The van der Waals surface area contributed by atoms with E-state index < -0.39 is 0 Å². The largest absolute Gasteiger partial charge is 0.507 e. The van der Waals surface area contributed by atoms with Crippen LogP contribution >= 0.6 is 0 Å². The molecular weight excluding hydrogens is 372 g/mol. The highest BCUT2D eigenvalue weighted by molar-refractivity contribution is 6.21. The van der Waals surface area contributed by atoms with Gasteiger partial charge in [0.15, 0.2) is 0 Å². The minimum Gasteiger partial charge on any atom is -0.507 e. The van der Waals surface area contributed by atoms with Crippen molar-refractivity contribution in [2.75, 3.05) is 0 Å². The van der Waals surface area contributed by atoms with Crippen LogP contribution in [0.15, 0.2) is 73.1 Å². The predicted molar refractivity (Wildman–Crippen MR) is 121 cm³/mol. The summed E-state index contributed by atoms with van der Waals surface area (Å²) in [5.41, 5.74) is 4.25. The molecule has 2 heterocycles. The van der Waals surface area contributed by atoms with E-state index in [2.05, 4.69) is 22.1 Å². The lowest BCUT2D eigenvalue weighted by Gasteiger charge is -2.18. The molecule has 0 unspecified atom stereocenters. The van der Waals surface area contributed by atoms with Crippen molar-refractivity contribution in [3.63, 3.8) is 0 Å². The van der Waals surface area contributed by atoms with Gasteiger partial charge in [-0.05, 0) is 72.1 Å². The Balaban J connectivity index is 2.07. The van der Waals surface area contributed by atoms with Gasteiger partial charge in [0.05, 0.1) is 22.5 Å². The molecule has 5 rings (SSSR count). The second-order valence-corrected chi connectivity index (χ2v) is 7.53. The molecule has 0 amide bonds. The van der Waals surface area contributed by atoms with E-state index in [-0.39, 0.29) is 11.5 Å². The molecule has 0 spiro atoms. The molecule has 0 bridgehead atoms. The Morgan fingerprint density at radius 2 is 1.03 bits per heavy atom. The zero-order valence-electron chi connectivity index (χ0n) is 16.7. The lowest BCUT2D eigenvalue weighted by molar-refractivity contribution is 0.473. The van der Waals surface area contributed by atoms with Crippen molar-refractivity contribution < 1.29 is 10.2 Å². The summed E-state index contributed by atoms with van der Waals surface area (Å²) in [5.74, 6) is 0.390. The molecule has 0 aliphatic heterocycles. The van der Waals surface area contributed by atoms with Crippen LogP contribution in [0.4, 0.5) is 0 Å². The van der Waals surface area contributed by atoms with E-state index in [4.69, 9.17) is 0 Å². The van der Waals surface area contributed by atoms with Crippen molar-refractivity contribution in [1.29, 1.82) is 0 Å². The predicted octanol–water partition coefficient (Wildman–Crippen LogP) is 6.15. The molecule has 0 fully saturated rings. The van der Waals surface area contributed by atoms with Crippen molar-refractivity contribution in [3.05, 3.63) is 84.2 Å². The highest BCUT2D eigenvalue weighted by Crippen LogP contribution is 2.47. The normalized spacial score (nSPS) is 11.3. The highest BCUT2D eigenvalue weighted by atomic mass is 16.3. The quantitative estimate of drug-likeness (QED) is 0.354. The minimum atomic E-state index is 0.195. The van der Waals surface area contributed by atoms with Crippen molar-refractivity contribution in [2.45, 2.75) is 13.8 Å².